The summed E-state index contributed by atoms with van der Waals surface area (Å²) in [5.74, 6) is 1.74. The minimum Gasteiger partial charge on any atom is -0.334 e. The Morgan fingerprint density at radius 1 is 1.39 bits per heavy atom. The molecule has 1 N–H and O–H groups in total. The van der Waals surface area contributed by atoms with Crippen LogP contribution >= 0.6 is 0 Å². The van der Waals surface area contributed by atoms with Gasteiger partial charge in [-0.15, -0.1) is 0 Å². The zero-order valence-corrected chi connectivity index (χ0v) is 10.4. The van der Waals surface area contributed by atoms with Crippen LogP contribution in [0.1, 0.15) is 30.1 Å². The lowest BCUT2D eigenvalue weighted by Crippen LogP contribution is -2.28. The van der Waals surface area contributed by atoms with Gasteiger partial charge in [-0.3, -0.25) is 4.98 Å². The van der Waals surface area contributed by atoms with E-state index in [1.807, 2.05) is 19.2 Å². The summed E-state index contributed by atoms with van der Waals surface area (Å²) in [5, 5.41) is 7.45. The Hall–Kier alpha value is -1.75. The van der Waals surface area contributed by atoms with Gasteiger partial charge in [0.15, 0.2) is 5.82 Å². The maximum Gasteiger partial charge on any atom is 0.259 e. The lowest BCUT2D eigenvalue weighted by Gasteiger charge is -2.19. The van der Waals surface area contributed by atoms with E-state index in [1.54, 1.807) is 6.20 Å². The summed E-state index contributed by atoms with van der Waals surface area (Å²) in [4.78, 5) is 8.63. The Bertz CT molecular complexity index is 531. The highest BCUT2D eigenvalue weighted by molar-refractivity contribution is 5.51. The van der Waals surface area contributed by atoms with Gasteiger partial charge in [-0.05, 0) is 37.9 Å². The molecule has 5 nitrogen and oxygen atoms in total. The third kappa shape index (κ3) is 2.26. The van der Waals surface area contributed by atoms with Gasteiger partial charge < -0.3 is 9.84 Å². The Morgan fingerprint density at radius 2 is 2.33 bits per heavy atom. The monoisotopic (exact) mass is 244 g/mol. The predicted octanol–water partition coefficient (Wildman–Crippen LogP) is 1.91. The lowest BCUT2D eigenvalue weighted by molar-refractivity contribution is 0.393. The van der Waals surface area contributed by atoms with Gasteiger partial charge >= 0.3 is 0 Å². The van der Waals surface area contributed by atoms with Crippen molar-refractivity contribution in [3.05, 3.63) is 29.8 Å². The van der Waals surface area contributed by atoms with Crippen molar-refractivity contribution in [2.45, 2.75) is 25.7 Å². The molecule has 18 heavy (non-hydrogen) atoms. The van der Waals surface area contributed by atoms with E-state index in [4.69, 9.17) is 4.52 Å². The fourth-order valence-electron chi connectivity index (χ4n) is 2.26. The molecule has 3 heterocycles. The van der Waals surface area contributed by atoms with Crippen LogP contribution in [0.3, 0.4) is 0 Å². The molecule has 2 aromatic rings. The first-order chi connectivity index (χ1) is 8.83. The number of hydrogen-bond donors (Lipinski definition) is 1. The van der Waals surface area contributed by atoms with Gasteiger partial charge in [0.2, 0.25) is 0 Å². The average molecular weight is 244 g/mol. The molecule has 0 bridgehead atoms. The number of piperidine rings is 1. The molecular weight excluding hydrogens is 228 g/mol. The van der Waals surface area contributed by atoms with E-state index in [0.717, 1.165) is 36.5 Å². The van der Waals surface area contributed by atoms with E-state index in [-0.39, 0.29) is 0 Å². The van der Waals surface area contributed by atoms with E-state index in [0.29, 0.717) is 11.8 Å². The summed E-state index contributed by atoms with van der Waals surface area (Å²) in [6, 6.07) is 2.00. The molecule has 1 atom stereocenters. The molecule has 0 spiro atoms. The normalized spacial score (nSPS) is 19.9. The molecule has 0 aromatic carbocycles. The third-order valence-corrected chi connectivity index (χ3v) is 3.23. The van der Waals surface area contributed by atoms with Gasteiger partial charge in [-0.25, -0.2) is 0 Å². The summed E-state index contributed by atoms with van der Waals surface area (Å²) in [6.45, 7) is 4.02. The molecule has 0 radical (unpaired) electrons. The smallest absolute Gasteiger partial charge is 0.259 e. The van der Waals surface area contributed by atoms with E-state index in [9.17, 15) is 0 Å². The van der Waals surface area contributed by atoms with Crippen LogP contribution in [-0.2, 0) is 0 Å². The molecule has 5 heteroatoms. The second-order valence-electron chi connectivity index (χ2n) is 4.75. The minimum atomic E-state index is 0.369. The molecule has 0 aliphatic carbocycles. The molecule has 1 saturated heterocycles. The van der Waals surface area contributed by atoms with Gasteiger partial charge in [-0.1, -0.05) is 5.16 Å². The molecular formula is C13H16N4O. The first-order valence-electron chi connectivity index (χ1n) is 6.29. The second kappa shape index (κ2) is 4.86. The van der Waals surface area contributed by atoms with Gasteiger partial charge in [0, 0.05) is 24.9 Å². The molecule has 3 rings (SSSR count). The molecule has 1 unspecified atom stereocenters. The Balaban J connectivity index is 1.84. The van der Waals surface area contributed by atoms with Crippen LogP contribution in [0.15, 0.2) is 23.0 Å². The van der Waals surface area contributed by atoms with Crippen LogP contribution < -0.4 is 5.32 Å². The molecule has 1 aliphatic heterocycles. The summed E-state index contributed by atoms with van der Waals surface area (Å²) in [6.07, 6.45) is 5.85. The Labute approximate surface area is 106 Å². The van der Waals surface area contributed by atoms with Crippen LogP contribution in [-0.4, -0.2) is 28.2 Å². The number of rotatable bonds is 2. The SMILES string of the molecule is Cc1cncc(-c2nc(C3CCCNC3)no2)c1. The summed E-state index contributed by atoms with van der Waals surface area (Å²) < 4.78 is 5.33. The topological polar surface area (TPSA) is 63.8 Å². The number of aromatic nitrogens is 3. The van der Waals surface area contributed by atoms with Crippen LogP contribution in [0.2, 0.25) is 0 Å². The average Bonchev–Trinajstić information content (AvgIpc) is 2.89. The van der Waals surface area contributed by atoms with Crippen molar-refractivity contribution < 1.29 is 4.52 Å². The molecule has 0 amide bonds. The Morgan fingerprint density at radius 3 is 3.11 bits per heavy atom. The van der Waals surface area contributed by atoms with Gasteiger partial charge in [0.05, 0.1) is 5.56 Å². The highest BCUT2D eigenvalue weighted by atomic mass is 16.5. The summed E-state index contributed by atoms with van der Waals surface area (Å²) in [5.41, 5.74) is 1.98. The second-order valence-corrected chi connectivity index (χ2v) is 4.75. The molecule has 0 saturated carbocycles. The van der Waals surface area contributed by atoms with Crippen molar-refractivity contribution in [3.8, 4) is 11.5 Å². The first-order valence-corrected chi connectivity index (χ1v) is 6.29. The molecule has 2 aromatic heterocycles. The van der Waals surface area contributed by atoms with E-state index in [1.165, 1.54) is 6.42 Å². The number of hydrogen-bond acceptors (Lipinski definition) is 5. The quantitative estimate of drug-likeness (QED) is 0.874. The van der Waals surface area contributed by atoms with Gasteiger partial charge in [0.1, 0.15) is 0 Å². The highest BCUT2D eigenvalue weighted by Crippen LogP contribution is 2.24. The van der Waals surface area contributed by atoms with Crippen molar-refractivity contribution in [3.63, 3.8) is 0 Å². The molecule has 94 valence electrons. The lowest BCUT2D eigenvalue weighted by atomic mass is 9.99. The fourth-order valence-corrected chi connectivity index (χ4v) is 2.26. The maximum absolute atomic E-state index is 5.33. The van der Waals surface area contributed by atoms with Crippen LogP contribution in [0.5, 0.6) is 0 Å². The number of nitrogens with zero attached hydrogens (tertiary/aromatic N) is 3. The van der Waals surface area contributed by atoms with Gasteiger partial charge in [-0.2, -0.15) is 4.98 Å². The number of pyridine rings is 1. The molecule has 1 fully saturated rings. The summed E-state index contributed by atoms with van der Waals surface area (Å²) >= 11 is 0. The van der Waals surface area contributed by atoms with Crippen LogP contribution in [0, 0.1) is 6.92 Å². The third-order valence-electron chi connectivity index (χ3n) is 3.23. The minimum absolute atomic E-state index is 0.369. The highest BCUT2D eigenvalue weighted by Gasteiger charge is 2.21. The largest absolute Gasteiger partial charge is 0.334 e. The van der Waals surface area contributed by atoms with Crippen molar-refractivity contribution >= 4 is 0 Å². The van der Waals surface area contributed by atoms with E-state index in [2.05, 4.69) is 20.4 Å². The number of nitrogens with one attached hydrogen (secondary N) is 1. The van der Waals surface area contributed by atoms with E-state index >= 15 is 0 Å². The van der Waals surface area contributed by atoms with Crippen LogP contribution in [0.4, 0.5) is 0 Å². The zero-order valence-electron chi connectivity index (χ0n) is 10.4. The summed E-state index contributed by atoms with van der Waals surface area (Å²) in [7, 11) is 0. The number of aryl methyl sites for hydroxylation is 1. The van der Waals surface area contributed by atoms with Crippen molar-refractivity contribution in [2.24, 2.45) is 0 Å². The maximum atomic E-state index is 5.33. The molecule has 1 aliphatic rings. The van der Waals surface area contributed by atoms with Crippen molar-refractivity contribution in [2.75, 3.05) is 13.1 Å². The first kappa shape index (κ1) is 11.3. The fraction of sp³-hybridized carbons (Fsp3) is 0.462. The van der Waals surface area contributed by atoms with Crippen molar-refractivity contribution in [1.82, 2.24) is 20.4 Å². The van der Waals surface area contributed by atoms with E-state index < -0.39 is 0 Å². The van der Waals surface area contributed by atoms with Crippen molar-refractivity contribution in [1.29, 1.82) is 0 Å². The Kier molecular flexibility index (Phi) is 3.06. The van der Waals surface area contributed by atoms with Gasteiger partial charge in [0.25, 0.3) is 5.89 Å². The predicted molar refractivity (Wildman–Crippen MR) is 67.1 cm³/mol. The van der Waals surface area contributed by atoms with Crippen LogP contribution in [0.25, 0.3) is 11.5 Å². The zero-order chi connectivity index (χ0) is 12.4. The standard InChI is InChI=1S/C13H16N4O/c1-9-5-11(8-15-6-9)13-16-12(17-18-13)10-3-2-4-14-7-10/h5-6,8,10,14H,2-4,7H2,1H3.